The number of hydrogen-bond acceptors (Lipinski definition) is 4. The van der Waals surface area contributed by atoms with Gasteiger partial charge in [-0.1, -0.05) is 30.3 Å². The van der Waals surface area contributed by atoms with Crippen LogP contribution in [0.5, 0.6) is 0 Å². The van der Waals surface area contributed by atoms with E-state index in [1.54, 1.807) is 23.7 Å². The third-order valence-corrected chi connectivity index (χ3v) is 4.61. The highest BCUT2D eigenvalue weighted by molar-refractivity contribution is 7.16. The number of nitrogens with zero attached hydrogens (tertiary/aromatic N) is 1. The minimum atomic E-state index is -4.94. The molecule has 1 amide bonds. The molecule has 0 aliphatic rings. The molecular formula is C17H13F3N2O2S. The summed E-state index contributed by atoms with van der Waals surface area (Å²) in [5.41, 5.74) is -0.976. The summed E-state index contributed by atoms with van der Waals surface area (Å²) in [5, 5.41) is 12.4. The molecule has 4 nitrogen and oxygen atoms in total. The van der Waals surface area contributed by atoms with Crippen molar-refractivity contribution < 1.29 is 23.1 Å². The lowest BCUT2D eigenvalue weighted by molar-refractivity contribution is -0.263. The van der Waals surface area contributed by atoms with Crippen molar-refractivity contribution in [2.45, 2.75) is 11.8 Å². The molecule has 8 heteroatoms. The van der Waals surface area contributed by atoms with Gasteiger partial charge in [-0.15, -0.1) is 11.3 Å². The zero-order valence-electron chi connectivity index (χ0n) is 12.7. The van der Waals surface area contributed by atoms with Crippen molar-refractivity contribution in [2.24, 2.45) is 0 Å². The topological polar surface area (TPSA) is 62.2 Å². The Hall–Kier alpha value is -2.45. The summed E-state index contributed by atoms with van der Waals surface area (Å²) >= 11 is 1.32. The Kier molecular flexibility index (Phi) is 4.49. The van der Waals surface area contributed by atoms with Gasteiger partial charge in [0.05, 0.1) is 22.3 Å². The average molecular weight is 366 g/mol. The van der Waals surface area contributed by atoms with Gasteiger partial charge >= 0.3 is 6.18 Å². The van der Waals surface area contributed by atoms with E-state index in [2.05, 4.69) is 10.3 Å². The fourth-order valence-corrected chi connectivity index (χ4v) is 3.10. The van der Waals surface area contributed by atoms with E-state index in [9.17, 15) is 23.1 Å². The normalized spacial score (nSPS) is 14.2. The molecule has 0 bridgehead atoms. The number of halogens is 3. The molecule has 1 heterocycles. The van der Waals surface area contributed by atoms with Crippen LogP contribution in [0.1, 0.15) is 15.9 Å². The lowest BCUT2D eigenvalue weighted by Gasteiger charge is -2.31. The van der Waals surface area contributed by atoms with Gasteiger partial charge < -0.3 is 10.4 Å². The van der Waals surface area contributed by atoms with Crippen molar-refractivity contribution in [1.82, 2.24) is 10.3 Å². The van der Waals surface area contributed by atoms with Gasteiger partial charge in [-0.2, -0.15) is 13.2 Å². The molecule has 0 aliphatic carbocycles. The Morgan fingerprint density at radius 2 is 1.88 bits per heavy atom. The molecule has 0 spiro atoms. The number of benzene rings is 2. The highest BCUT2D eigenvalue weighted by Crippen LogP contribution is 2.38. The Bertz CT molecular complexity index is 896. The molecule has 25 heavy (non-hydrogen) atoms. The monoisotopic (exact) mass is 366 g/mol. The van der Waals surface area contributed by atoms with Crippen LogP contribution in [0.3, 0.4) is 0 Å². The standard InChI is InChI=1S/C17H13F3N2O2S/c18-17(19,20)16(24,12-4-2-1-3-5-12)9-21-15(23)11-6-7-13-14(8-11)25-10-22-13/h1-8,10,24H,9H2,(H,21,23)/t16-/m1/s1. The molecule has 0 radical (unpaired) electrons. The number of carbonyl (C=O) groups is 1. The maximum Gasteiger partial charge on any atom is 0.423 e. The number of rotatable bonds is 4. The fourth-order valence-electron chi connectivity index (χ4n) is 2.39. The van der Waals surface area contributed by atoms with Gasteiger partial charge in [0.25, 0.3) is 5.91 Å². The fraction of sp³-hybridized carbons (Fsp3) is 0.176. The van der Waals surface area contributed by atoms with Crippen LogP contribution >= 0.6 is 11.3 Å². The van der Waals surface area contributed by atoms with Crippen LogP contribution in [0.15, 0.2) is 54.0 Å². The van der Waals surface area contributed by atoms with Gasteiger partial charge in [0, 0.05) is 5.56 Å². The number of carbonyl (C=O) groups excluding carboxylic acids is 1. The van der Waals surface area contributed by atoms with E-state index in [0.717, 1.165) is 4.70 Å². The molecule has 1 aromatic heterocycles. The first kappa shape index (κ1) is 17.4. The summed E-state index contributed by atoms with van der Waals surface area (Å²) in [6.07, 6.45) is -4.94. The smallest absolute Gasteiger partial charge is 0.375 e. The quantitative estimate of drug-likeness (QED) is 0.743. The number of aliphatic hydroxyl groups is 1. The van der Waals surface area contributed by atoms with Crippen LogP contribution in [-0.2, 0) is 5.60 Å². The second-order valence-electron chi connectivity index (χ2n) is 5.44. The molecule has 0 saturated carbocycles. The molecule has 0 aliphatic heterocycles. The molecule has 3 rings (SSSR count). The van der Waals surface area contributed by atoms with Crippen molar-refractivity contribution in [3.8, 4) is 0 Å². The van der Waals surface area contributed by atoms with E-state index in [4.69, 9.17) is 0 Å². The molecule has 0 fully saturated rings. The lowest BCUT2D eigenvalue weighted by atomic mass is 9.93. The molecule has 130 valence electrons. The highest BCUT2D eigenvalue weighted by atomic mass is 32.1. The molecular weight excluding hydrogens is 353 g/mol. The third kappa shape index (κ3) is 3.35. The van der Waals surface area contributed by atoms with E-state index >= 15 is 0 Å². The number of hydrogen-bond donors (Lipinski definition) is 2. The van der Waals surface area contributed by atoms with Crippen molar-refractivity contribution >= 4 is 27.5 Å². The van der Waals surface area contributed by atoms with Crippen molar-refractivity contribution in [1.29, 1.82) is 0 Å². The Morgan fingerprint density at radius 3 is 2.56 bits per heavy atom. The maximum atomic E-state index is 13.4. The van der Waals surface area contributed by atoms with E-state index < -0.39 is 24.2 Å². The zero-order valence-corrected chi connectivity index (χ0v) is 13.6. The first-order valence-electron chi connectivity index (χ1n) is 7.27. The Morgan fingerprint density at radius 1 is 1.16 bits per heavy atom. The number of thiazole rings is 1. The van der Waals surface area contributed by atoms with Gasteiger partial charge in [-0.3, -0.25) is 4.79 Å². The summed E-state index contributed by atoms with van der Waals surface area (Å²) in [4.78, 5) is 16.3. The largest absolute Gasteiger partial charge is 0.423 e. The molecule has 2 aromatic carbocycles. The van der Waals surface area contributed by atoms with E-state index in [0.29, 0.717) is 5.52 Å². The number of alkyl halides is 3. The van der Waals surface area contributed by atoms with Crippen LogP contribution in [0.25, 0.3) is 10.2 Å². The van der Waals surface area contributed by atoms with E-state index in [1.165, 1.54) is 41.7 Å². The molecule has 0 saturated heterocycles. The van der Waals surface area contributed by atoms with E-state index in [-0.39, 0.29) is 11.1 Å². The predicted molar refractivity (Wildman–Crippen MR) is 88.3 cm³/mol. The Balaban J connectivity index is 1.82. The average Bonchev–Trinajstić information content (AvgIpc) is 3.06. The number of aromatic nitrogens is 1. The van der Waals surface area contributed by atoms with Crippen LogP contribution in [-0.4, -0.2) is 28.7 Å². The highest BCUT2D eigenvalue weighted by Gasteiger charge is 2.55. The van der Waals surface area contributed by atoms with Crippen LogP contribution < -0.4 is 5.32 Å². The van der Waals surface area contributed by atoms with Crippen LogP contribution in [0.4, 0.5) is 13.2 Å². The second-order valence-corrected chi connectivity index (χ2v) is 6.33. The summed E-state index contributed by atoms with van der Waals surface area (Å²) < 4.78 is 41.0. The van der Waals surface area contributed by atoms with Gasteiger partial charge in [0.1, 0.15) is 0 Å². The van der Waals surface area contributed by atoms with Crippen molar-refractivity contribution in [3.05, 3.63) is 65.2 Å². The Labute approximate surface area is 144 Å². The number of amides is 1. The third-order valence-electron chi connectivity index (χ3n) is 3.82. The molecule has 3 aromatic rings. The summed E-state index contributed by atoms with van der Waals surface area (Å²) in [5.74, 6) is -0.700. The first-order chi connectivity index (χ1) is 11.8. The van der Waals surface area contributed by atoms with Crippen LogP contribution in [0, 0.1) is 0 Å². The van der Waals surface area contributed by atoms with Gasteiger partial charge in [-0.25, -0.2) is 4.98 Å². The van der Waals surface area contributed by atoms with Gasteiger partial charge in [0.2, 0.25) is 5.60 Å². The minimum absolute atomic E-state index is 0.203. The summed E-state index contributed by atoms with van der Waals surface area (Å²) in [6.45, 7) is -0.986. The van der Waals surface area contributed by atoms with Crippen LogP contribution in [0.2, 0.25) is 0 Å². The molecule has 1 atom stereocenters. The van der Waals surface area contributed by atoms with Gasteiger partial charge in [0.15, 0.2) is 0 Å². The first-order valence-corrected chi connectivity index (χ1v) is 8.15. The predicted octanol–water partition coefficient (Wildman–Crippen LogP) is 3.48. The lowest BCUT2D eigenvalue weighted by Crippen LogP contribution is -2.51. The number of fused-ring (bicyclic) bond motifs is 1. The molecule has 2 N–H and O–H groups in total. The second kappa shape index (κ2) is 6.45. The summed E-state index contributed by atoms with van der Waals surface area (Å²) in [7, 11) is 0. The summed E-state index contributed by atoms with van der Waals surface area (Å²) in [6, 6.07) is 11.3. The van der Waals surface area contributed by atoms with E-state index in [1.807, 2.05) is 0 Å². The maximum absolute atomic E-state index is 13.4. The SMILES string of the molecule is O=C(NC[C@@](O)(c1ccccc1)C(F)(F)F)c1ccc2ncsc2c1. The van der Waals surface area contributed by atoms with Crippen molar-refractivity contribution in [3.63, 3.8) is 0 Å². The zero-order chi connectivity index (χ0) is 18.1. The van der Waals surface area contributed by atoms with Crippen molar-refractivity contribution in [2.75, 3.05) is 6.54 Å². The minimum Gasteiger partial charge on any atom is -0.375 e. The van der Waals surface area contributed by atoms with Gasteiger partial charge in [-0.05, 0) is 23.8 Å². The number of nitrogens with one attached hydrogen (secondary N) is 1. The molecule has 0 unspecified atom stereocenters.